The van der Waals surface area contributed by atoms with Gasteiger partial charge in [-0.3, -0.25) is 9.59 Å². The van der Waals surface area contributed by atoms with Crippen LogP contribution >= 0.6 is 15.9 Å². The molecule has 1 aliphatic heterocycles. The lowest BCUT2D eigenvalue weighted by atomic mass is 9.79. The van der Waals surface area contributed by atoms with Crippen LogP contribution in [0.1, 0.15) is 33.4 Å². The van der Waals surface area contributed by atoms with E-state index in [1.807, 2.05) is 0 Å². The zero-order valence-corrected chi connectivity index (χ0v) is 18.8. The monoisotopic (exact) mass is 500 g/mol. The Bertz CT molecular complexity index is 1180. The lowest BCUT2D eigenvalue weighted by Crippen LogP contribution is -2.44. The highest BCUT2D eigenvalue weighted by atomic mass is 79.9. The molecule has 2 amide bonds. The molecule has 3 aromatic rings. The maximum absolute atomic E-state index is 14.4. The minimum absolute atomic E-state index is 0.0814. The Labute approximate surface area is 192 Å². The van der Waals surface area contributed by atoms with E-state index in [-0.39, 0.29) is 16.1 Å². The first-order valence-corrected chi connectivity index (χ1v) is 10.6. The fourth-order valence-electron chi connectivity index (χ4n) is 4.04. The number of halogens is 3. The Kier molecular flexibility index (Phi) is 5.97. The molecule has 0 spiro atoms. The zero-order chi connectivity index (χ0) is 23.0. The number of rotatable bonds is 4. The van der Waals surface area contributed by atoms with Crippen molar-refractivity contribution in [3.63, 3.8) is 0 Å². The minimum Gasteiger partial charge on any atom is -0.497 e. The van der Waals surface area contributed by atoms with Crippen LogP contribution in [-0.4, -0.2) is 30.9 Å². The summed E-state index contributed by atoms with van der Waals surface area (Å²) in [5.74, 6) is -2.61. The van der Waals surface area contributed by atoms with Crippen LogP contribution in [0.2, 0.25) is 0 Å². The number of fused-ring (bicyclic) bond motifs is 1. The molecule has 2 atom stereocenters. The van der Waals surface area contributed by atoms with Crippen molar-refractivity contribution in [3.05, 3.63) is 93.5 Å². The summed E-state index contributed by atoms with van der Waals surface area (Å²) in [7, 11) is 3.18. The number of methoxy groups -OCH3 is 1. The van der Waals surface area contributed by atoms with Crippen LogP contribution in [0, 0.1) is 11.6 Å². The van der Waals surface area contributed by atoms with Crippen molar-refractivity contribution in [2.45, 2.75) is 12.0 Å². The number of amides is 2. The van der Waals surface area contributed by atoms with Gasteiger partial charge in [-0.2, -0.15) is 0 Å². The average Bonchev–Trinajstić information content (AvgIpc) is 2.78. The summed E-state index contributed by atoms with van der Waals surface area (Å²) < 4.78 is 33.2. The number of anilines is 1. The first-order valence-electron chi connectivity index (χ1n) is 9.77. The number of likely N-dealkylation sites (N-methyl/N-ethyl adjacent to an activating group) is 1. The van der Waals surface area contributed by atoms with Gasteiger partial charge in [0.05, 0.1) is 24.8 Å². The maximum Gasteiger partial charge on any atom is 0.254 e. The molecule has 0 aromatic heterocycles. The van der Waals surface area contributed by atoms with Crippen LogP contribution in [0.3, 0.4) is 0 Å². The van der Waals surface area contributed by atoms with Gasteiger partial charge in [0.15, 0.2) is 5.82 Å². The van der Waals surface area contributed by atoms with E-state index in [9.17, 15) is 18.4 Å². The van der Waals surface area contributed by atoms with Gasteiger partial charge in [0.1, 0.15) is 11.6 Å². The topological polar surface area (TPSA) is 58.6 Å². The molecule has 1 heterocycles. The highest BCUT2D eigenvalue weighted by Gasteiger charge is 2.42. The second-order valence-electron chi connectivity index (χ2n) is 7.43. The van der Waals surface area contributed by atoms with Gasteiger partial charge in [-0.1, -0.05) is 30.3 Å². The van der Waals surface area contributed by atoms with Crippen molar-refractivity contribution in [2.24, 2.45) is 0 Å². The molecular formula is C24H19BrF2N2O3. The molecule has 32 heavy (non-hydrogen) atoms. The van der Waals surface area contributed by atoms with Gasteiger partial charge in [-0.15, -0.1) is 0 Å². The van der Waals surface area contributed by atoms with Gasteiger partial charge in [0.2, 0.25) is 5.91 Å². The third-order valence-electron chi connectivity index (χ3n) is 5.57. The Morgan fingerprint density at radius 2 is 1.78 bits per heavy atom. The predicted octanol–water partition coefficient (Wildman–Crippen LogP) is 5.29. The van der Waals surface area contributed by atoms with E-state index in [2.05, 4.69) is 21.2 Å². The Morgan fingerprint density at radius 1 is 1.09 bits per heavy atom. The summed E-state index contributed by atoms with van der Waals surface area (Å²) in [6.07, 6.45) is 0. The number of ether oxygens (including phenoxy) is 1. The quantitative estimate of drug-likeness (QED) is 0.529. The van der Waals surface area contributed by atoms with Crippen LogP contribution in [0.4, 0.5) is 14.5 Å². The summed E-state index contributed by atoms with van der Waals surface area (Å²) in [6, 6.07) is 15.1. The number of carbonyl (C=O) groups excluding carboxylic acids is 2. The number of nitrogens with one attached hydrogen (secondary N) is 1. The van der Waals surface area contributed by atoms with Crippen LogP contribution in [0.15, 0.2) is 65.1 Å². The Balaban J connectivity index is 1.81. The Hall–Kier alpha value is -3.26. The Morgan fingerprint density at radius 3 is 2.44 bits per heavy atom. The fraction of sp³-hybridized carbons (Fsp3) is 0.167. The highest BCUT2D eigenvalue weighted by Crippen LogP contribution is 2.43. The lowest BCUT2D eigenvalue weighted by Gasteiger charge is -2.39. The number of hydrogen-bond donors (Lipinski definition) is 1. The molecule has 0 saturated carbocycles. The van der Waals surface area contributed by atoms with E-state index < -0.39 is 29.5 Å². The molecular weight excluding hydrogens is 482 g/mol. The van der Waals surface area contributed by atoms with E-state index in [4.69, 9.17) is 4.74 Å². The third-order valence-corrected chi connectivity index (χ3v) is 6.20. The molecule has 0 radical (unpaired) electrons. The van der Waals surface area contributed by atoms with Gasteiger partial charge >= 0.3 is 0 Å². The molecule has 1 aliphatic rings. The predicted molar refractivity (Wildman–Crippen MR) is 120 cm³/mol. The standard InChI is InChI=1S/C24H19BrF2N2O3/c1-29-22(13-7-9-15(32-2)10-8-13)20(16-5-3-4-6-17(16)24(29)31)23(30)28-21-18(25)11-14(26)12-19(21)27/h3-12,20,22H,1-2H3,(H,28,30)/t20-,22+/m0/s1. The highest BCUT2D eigenvalue weighted by molar-refractivity contribution is 9.10. The van der Waals surface area contributed by atoms with Crippen LogP contribution < -0.4 is 10.1 Å². The molecule has 0 bridgehead atoms. The van der Waals surface area contributed by atoms with Crippen molar-refractivity contribution in [1.82, 2.24) is 4.90 Å². The summed E-state index contributed by atoms with van der Waals surface area (Å²) in [6.45, 7) is 0. The molecule has 5 nitrogen and oxygen atoms in total. The SMILES string of the molecule is COc1ccc([C@@H]2[C@@H](C(=O)Nc3c(F)cc(F)cc3Br)c3ccccc3C(=O)N2C)cc1. The van der Waals surface area contributed by atoms with E-state index >= 15 is 0 Å². The van der Waals surface area contributed by atoms with Gasteiger partial charge in [0, 0.05) is 23.2 Å². The van der Waals surface area contributed by atoms with Gasteiger partial charge in [0.25, 0.3) is 5.91 Å². The molecule has 1 N–H and O–H groups in total. The van der Waals surface area contributed by atoms with Crippen LogP contribution in [0.25, 0.3) is 0 Å². The van der Waals surface area contributed by atoms with Gasteiger partial charge in [-0.05, 0) is 51.3 Å². The smallest absolute Gasteiger partial charge is 0.254 e. The average molecular weight is 501 g/mol. The van der Waals surface area contributed by atoms with Gasteiger partial charge in [-0.25, -0.2) is 8.78 Å². The van der Waals surface area contributed by atoms with E-state index in [0.29, 0.717) is 22.9 Å². The maximum atomic E-state index is 14.4. The molecule has 0 saturated heterocycles. The zero-order valence-electron chi connectivity index (χ0n) is 17.2. The summed E-state index contributed by atoms with van der Waals surface area (Å²) in [4.78, 5) is 28.1. The molecule has 3 aromatic carbocycles. The van der Waals surface area contributed by atoms with Crippen molar-refractivity contribution in [1.29, 1.82) is 0 Å². The number of benzene rings is 3. The normalized spacial score (nSPS) is 17.7. The first kappa shape index (κ1) is 22.0. The van der Waals surface area contributed by atoms with E-state index in [1.54, 1.807) is 62.7 Å². The molecule has 0 aliphatic carbocycles. The second-order valence-corrected chi connectivity index (χ2v) is 8.29. The molecule has 164 valence electrons. The molecule has 4 rings (SSSR count). The van der Waals surface area contributed by atoms with Crippen LogP contribution in [0.5, 0.6) is 5.75 Å². The van der Waals surface area contributed by atoms with Crippen molar-refractivity contribution < 1.29 is 23.1 Å². The molecule has 8 heteroatoms. The number of carbonyl (C=O) groups is 2. The third kappa shape index (κ3) is 3.86. The largest absolute Gasteiger partial charge is 0.497 e. The molecule has 0 unspecified atom stereocenters. The summed E-state index contributed by atoms with van der Waals surface area (Å²) in [5, 5.41) is 2.58. The van der Waals surface area contributed by atoms with E-state index in [0.717, 1.165) is 11.6 Å². The molecule has 0 fully saturated rings. The van der Waals surface area contributed by atoms with E-state index in [1.165, 1.54) is 4.90 Å². The van der Waals surface area contributed by atoms with Crippen molar-refractivity contribution in [3.8, 4) is 5.75 Å². The lowest BCUT2D eigenvalue weighted by molar-refractivity contribution is -0.119. The minimum atomic E-state index is -0.903. The fourth-order valence-corrected chi connectivity index (χ4v) is 4.54. The summed E-state index contributed by atoms with van der Waals surface area (Å²) >= 11 is 3.11. The summed E-state index contributed by atoms with van der Waals surface area (Å²) in [5.41, 5.74) is 1.49. The first-order chi connectivity index (χ1) is 15.3. The van der Waals surface area contributed by atoms with Gasteiger partial charge < -0.3 is 15.0 Å². The number of hydrogen-bond acceptors (Lipinski definition) is 3. The van der Waals surface area contributed by atoms with Crippen molar-refractivity contribution >= 4 is 33.4 Å². The number of nitrogens with zero attached hydrogens (tertiary/aromatic N) is 1. The second kappa shape index (κ2) is 8.70. The van der Waals surface area contributed by atoms with Crippen LogP contribution in [-0.2, 0) is 4.79 Å². The van der Waals surface area contributed by atoms with Crippen molar-refractivity contribution in [2.75, 3.05) is 19.5 Å².